The number of aryl methyl sites for hydroxylation is 1. The molecule has 3 aromatic rings. The van der Waals surface area contributed by atoms with E-state index in [2.05, 4.69) is 21.7 Å². The number of anilines is 1. The Balaban J connectivity index is 1.61. The van der Waals surface area contributed by atoms with Crippen LogP contribution in [0.15, 0.2) is 54.0 Å². The summed E-state index contributed by atoms with van der Waals surface area (Å²) in [6.07, 6.45) is 4.10. The molecule has 1 N–H and O–H groups in total. The second kappa shape index (κ2) is 6.50. The van der Waals surface area contributed by atoms with Crippen LogP contribution in [-0.4, -0.2) is 10.9 Å². The number of nitrogens with one attached hydrogen (secondary N) is 1. The van der Waals surface area contributed by atoms with Crippen molar-refractivity contribution in [2.45, 2.75) is 19.3 Å². The molecule has 0 aliphatic carbocycles. The van der Waals surface area contributed by atoms with Crippen LogP contribution >= 0.6 is 11.3 Å². The van der Waals surface area contributed by atoms with Crippen LogP contribution in [0.4, 0.5) is 5.69 Å². The Hall–Kier alpha value is -2.20. The number of benzene rings is 1. The Morgan fingerprint density at radius 2 is 2.05 bits per heavy atom. The summed E-state index contributed by atoms with van der Waals surface area (Å²) in [4.78, 5) is 17.7. The predicted octanol–water partition coefficient (Wildman–Crippen LogP) is 4.26. The van der Waals surface area contributed by atoms with Crippen LogP contribution in [0.2, 0.25) is 0 Å². The molecule has 1 amide bonds. The molecule has 0 unspecified atom stereocenters. The number of rotatable bonds is 5. The number of carbonyl (C=O) groups is 1. The van der Waals surface area contributed by atoms with Crippen LogP contribution in [0.25, 0.3) is 10.9 Å². The van der Waals surface area contributed by atoms with Gasteiger partial charge in [0.2, 0.25) is 5.91 Å². The van der Waals surface area contributed by atoms with Crippen molar-refractivity contribution in [1.82, 2.24) is 4.98 Å². The topological polar surface area (TPSA) is 42.0 Å². The number of pyridine rings is 1. The van der Waals surface area contributed by atoms with E-state index in [0.29, 0.717) is 6.42 Å². The number of hydrogen-bond donors (Lipinski definition) is 1. The zero-order valence-corrected chi connectivity index (χ0v) is 12.4. The van der Waals surface area contributed by atoms with E-state index >= 15 is 0 Å². The number of amides is 1. The summed E-state index contributed by atoms with van der Waals surface area (Å²) in [5, 5.41) is 6.07. The third kappa shape index (κ3) is 3.47. The Bertz CT molecular complexity index is 732. The molecule has 0 aliphatic rings. The zero-order chi connectivity index (χ0) is 14.5. The molecule has 106 valence electrons. The number of para-hydroxylation sites is 1. The van der Waals surface area contributed by atoms with Crippen molar-refractivity contribution in [3.05, 3.63) is 58.9 Å². The Morgan fingerprint density at radius 3 is 2.90 bits per heavy atom. The van der Waals surface area contributed by atoms with Crippen LogP contribution < -0.4 is 5.32 Å². The maximum Gasteiger partial charge on any atom is 0.224 e. The number of carbonyl (C=O) groups excluding carboxylic acids is 1. The molecule has 3 rings (SSSR count). The molecule has 0 saturated heterocycles. The van der Waals surface area contributed by atoms with Crippen LogP contribution in [0.1, 0.15) is 17.7 Å². The zero-order valence-electron chi connectivity index (χ0n) is 11.6. The average Bonchev–Trinajstić information content (AvgIpc) is 3.01. The predicted molar refractivity (Wildman–Crippen MR) is 87.6 cm³/mol. The lowest BCUT2D eigenvalue weighted by atomic mass is 10.1. The molecular weight excluding hydrogens is 280 g/mol. The fourth-order valence-corrected chi connectivity index (χ4v) is 3.05. The second-order valence-electron chi connectivity index (χ2n) is 4.86. The van der Waals surface area contributed by atoms with Crippen LogP contribution in [0.3, 0.4) is 0 Å². The fraction of sp³-hybridized carbons (Fsp3) is 0.176. The summed E-state index contributed by atoms with van der Waals surface area (Å²) in [7, 11) is 0. The minimum Gasteiger partial charge on any atom is -0.324 e. The van der Waals surface area contributed by atoms with E-state index in [4.69, 9.17) is 0 Å². The van der Waals surface area contributed by atoms with Crippen molar-refractivity contribution in [1.29, 1.82) is 0 Å². The minimum absolute atomic E-state index is 0.0460. The van der Waals surface area contributed by atoms with Gasteiger partial charge in [-0.3, -0.25) is 9.78 Å². The van der Waals surface area contributed by atoms with Gasteiger partial charge in [0.05, 0.1) is 11.2 Å². The van der Waals surface area contributed by atoms with Crippen LogP contribution in [0, 0.1) is 0 Å². The third-order valence-corrected chi connectivity index (χ3v) is 4.25. The first-order valence-electron chi connectivity index (χ1n) is 6.99. The second-order valence-corrected chi connectivity index (χ2v) is 5.89. The molecule has 0 fully saturated rings. The Kier molecular flexibility index (Phi) is 4.26. The molecule has 0 radical (unpaired) electrons. The number of aromatic nitrogens is 1. The van der Waals surface area contributed by atoms with E-state index in [1.54, 1.807) is 17.5 Å². The van der Waals surface area contributed by atoms with Gasteiger partial charge in [0.15, 0.2) is 0 Å². The third-order valence-electron chi connectivity index (χ3n) is 3.31. The van der Waals surface area contributed by atoms with Crippen molar-refractivity contribution in [3.63, 3.8) is 0 Å². The summed E-state index contributed by atoms with van der Waals surface area (Å²) < 4.78 is 0. The molecular formula is C17H16N2OS. The highest BCUT2D eigenvalue weighted by molar-refractivity contribution is 7.09. The van der Waals surface area contributed by atoms with Crippen LogP contribution in [-0.2, 0) is 11.2 Å². The molecule has 0 aliphatic heterocycles. The highest BCUT2D eigenvalue weighted by Gasteiger charge is 2.06. The summed E-state index contributed by atoms with van der Waals surface area (Å²) in [5.74, 6) is 0.0460. The van der Waals surface area contributed by atoms with E-state index in [1.807, 2.05) is 36.4 Å². The van der Waals surface area contributed by atoms with Gasteiger partial charge >= 0.3 is 0 Å². The monoisotopic (exact) mass is 296 g/mol. The number of hydrogen-bond acceptors (Lipinski definition) is 3. The van der Waals surface area contributed by atoms with Gasteiger partial charge in [-0.25, -0.2) is 0 Å². The molecule has 2 heterocycles. The Morgan fingerprint density at radius 1 is 1.14 bits per heavy atom. The maximum atomic E-state index is 12.0. The van der Waals surface area contributed by atoms with Crippen molar-refractivity contribution >= 4 is 33.8 Å². The van der Waals surface area contributed by atoms with Gasteiger partial charge in [0.1, 0.15) is 0 Å². The van der Waals surface area contributed by atoms with Crippen molar-refractivity contribution < 1.29 is 4.79 Å². The Labute approximate surface area is 127 Å². The number of nitrogens with zero attached hydrogens (tertiary/aromatic N) is 1. The standard InChI is InChI=1S/C17H16N2OS/c20-16(10-2-7-14-8-4-12-21-14)19-15-9-1-5-13-6-3-11-18-17(13)15/h1,3-6,8-9,11-12H,2,7,10H2,(H,19,20). The molecule has 0 bridgehead atoms. The minimum atomic E-state index is 0.0460. The van der Waals surface area contributed by atoms with E-state index < -0.39 is 0 Å². The first-order chi connectivity index (χ1) is 10.3. The van der Waals surface area contributed by atoms with Gasteiger partial charge in [-0.1, -0.05) is 24.3 Å². The molecule has 0 atom stereocenters. The normalized spacial score (nSPS) is 10.7. The van der Waals surface area contributed by atoms with E-state index in [0.717, 1.165) is 29.4 Å². The lowest BCUT2D eigenvalue weighted by Gasteiger charge is -2.07. The molecule has 4 heteroatoms. The largest absolute Gasteiger partial charge is 0.324 e. The summed E-state index contributed by atoms with van der Waals surface area (Å²) in [6, 6.07) is 13.9. The average molecular weight is 296 g/mol. The maximum absolute atomic E-state index is 12.0. The molecule has 0 spiro atoms. The van der Waals surface area contributed by atoms with Gasteiger partial charge < -0.3 is 5.32 Å². The number of thiophene rings is 1. The first kappa shape index (κ1) is 13.8. The van der Waals surface area contributed by atoms with Gasteiger partial charge in [-0.2, -0.15) is 0 Å². The van der Waals surface area contributed by atoms with Gasteiger partial charge in [0, 0.05) is 22.9 Å². The number of fused-ring (bicyclic) bond motifs is 1. The highest BCUT2D eigenvalue weighted by atomic mass is 32.1. The van der Waals surface area contributed by atoms with E-state index in [-0.39, 0.29) is 5.91 Å². The van der Waals surface area contributed by atoms with E-state index in [9.17, 15) is 4.79 Å². The van der Waals surface area contributed by atoms with E-state index in [1.165, 1.54) is 4.88 Å². The lowest BCUT2D eigenvalue weighted by Crippen LogP contribution is -2.11. The quantitative estimate of drug-likeness (QED) is 0.764. The highest BCUT2D eigenvalue weighted by Crippen LogP contribution is 2.21. The first-order valence-corrected chi connectivity index (χ1v) is 7.87. The lowest BCUT2D eigenvalue weighted by molar-refractivity contribution is -0.116. The molecule has 2 aromatic heterocycles. The van der Waals surface area contributed by atoms with Crippen molar-refractivity contribution in [3.8, 4) is 0 Å². The van der Waals surface area contributed by atoms with Gasteiger partial charge in [-0.15, -0.1) is 11.3 Å². The van der Waals surface area contributed by atoms with Gasteiger partial charge in [0.25, 0.3) is 0 Å². The molecule has 3 nitrogen and oxygen atoms in total. The molecule has 21 heavy (non-hydrogen) atoms. The summed E-state index contributed by atoms with van der Waals surface area (Å²) in [5.41, 5.74) is 1.63. The SMILES string of the molecule is O=C(CCCc1cccs1)Nc1cccc2cccnc12. The summed E-state index contributed by atoms with van der Waals surface area (Å²) in [6.45, 7) is 0. The smallest absolute Gasteiger partial charge is 0.224 e. The van der Waals surface area contributed by atoms with Crippen LogP contribution in [0.5, 0.6) is 0 Å². The molecule has 1 aromatic carbocycles. The fourth-order valence-electron chi connectivity index (χ4n) is 2.30. The summed E-state index contributed by atoms with van der Waals surface area (Å²) >= 11 is 1.74. The van der Waals surface area contributed by atoms with Crippen molar-refractivity contribution in [2.75, 3.05) is 5.32 Å². The molecule has 0 saturated carbocycles. The van der Waals surface area contributed by atoms with Crippen molar-refractivity contribution in [2.24, 2.45) is 0 Å². The van der Waals surface area contributed by atoms with Gasteiger partial charge in [-0.05, 0) is 36.4 Å².